The first-order valence-electron chi connectivity index (χ1n) is 6.65. The Bertz CT molecular complexity index is 736. The van der Waals surface area contributed by atoms with Gasteiger partial charge in [0.2, 0.25) is 0 Å². The van der Waals surface area contributed by atoms with Gasteiger partial charge in [0.25, 0.3) is 10.0 Å². The van der Waals surface area contributed by atoms with Crippen molar-refractivity contribution in [2.45, 2.75) is 17.9 Å². The number of halogens is 1. The number of sulfonamides is 1. The zero-order valence-corrected chi connectivity index (χ0v) is 13.9. The Balaban J connectivity index is 1.72. The lowest BCUT2D eigenvalue weighted by atomic mass is 10.5. The van der Waals surface area contributed by atoms with Crippen molar-refractivity contribution in [1.29, 1.82) is 0 Å². The van der Waals surface area contributed by atoms with Crippen molar-refractivity contribution in [2.75, 3.05) is 26.8 Å². The first kappa shape index (κ1) is 15.2. The minimum atomic E-state index is -3.68. The Morgan fingerprint density at radius 3 is 3.05 bits per heavy atom. The van der Waals surface area contributed by atoms with Crippen LogP contribution in [0.5, 0.6) is 0 Å². The van der Waals surface area contributed by atoms with Crippen molar-refractivity contribution in [3.63, 3.8) is 0 Å². The Morgan fingerprint density at radius 2 is 2.33 bits per heavy atom. The second-order valence-electron chi connectivity index (χ2n) is 5.11. The van der Waals surface area contributed by atoms with Crippen molar-refractivity contribution in [3.05, 3.63) is 16.7 Å². The van der Waals surface area contributed by atoms with E-state index in [1.807, 2.05) is 0 Å². The molecule has 3 rings (SSSR count). The van der Waals surface area contributed by atoms with E-state index in [4.69, 9.17) is 16.3 Å². The molecule has 9 heteroatoms. The van der Waals surface area contributed by atoms with Crippen LogP contribution in [0.3, 0.4) is 0 Å². The number of likely N-dealkylation sites (N-methyl/N-ethyl adjacent to an activating group) is 1. The fraction of sp³-hybridized carbons (Fsp3) is 0.583. The van der Waals surface area contributed by atoms with Crippen LogP contribution in [-0.4, -0.2) is 48.9 Å². The van der Waals surface area contributed by atoms with Crippen LogP contribution < -0.4 is 0 Å². The molecule has 21 heavy (non-hydrogen) atoms. The van der Waals surface area contributed by atoms with E-state index >= 15 is 0 Å². The van der Waals surface area contributed by atoms with Gasteiger partial charge in [-0.1, -0.05) is 11.6 Å². The van der Waals surface area contributed by atoms with Crippen molar-refractivity contribution < 1.29 is 13.2 Å². The van der Waals surface area contributed by atoms with Crippen molar-refractivity contribution in [1.82, 2.24) is 13.7 Å². The van der Waals surface area contributed by atoms with E-state index in [9.17, 15) is 8.42 Å². The summed E-state index contributed by atoms with van der Waals surface area (Å²) in [6.45, 7) is 1.40. The highest BCUT2D eigenvalue weighted by molar-refractivity contribution is 7.89. The molecule has 1 saturated carbocycles. The standard InChI is InChI=1S/C12H16ClN3O3S2/c1-15(4-6-19-8-9-2-3-9)21(17,18)11-10(13)14-12-16(11)5-7-20-12/h5,7,9H,2-4,6,8H2,1H3. The molecule has 1 aliphatic carbocycles. The van der Waals surface area contributed by atoms with Crippen molar-refractivity contribution >= 4 is 37.9 Å². The topological polar surface area (TPSA) is 63.9 Å². The number of nitrogens with zero attached hydrogens (tertiary/aromatic N) is 3. The average molecular weight is 350 g/mol. The number of ether oxygens (including phenoxy) is 1. The maximum atomic E-state index is 12.6. The number of imidazole rings is 1. The Hall–Kier alpha value is -0.670. The molecule has 0 aliphatic heterocycles. The third kappa shape index (κ3) is 3.09. The van der Waals surface area contributed by atoms with Gasteiger partial charge >= 0.3 is 0 Å². The maximum absolute atomic E-state index is 12.6. The van der Waals surface area contributed by atoms with Crippen LogP contribution in [0.2, 0.25) is 5.15 Å². The number of aromatic nitrogens is 2. The van der Waals surface area contributed by atoms with E-state index in [-0.39, 0.29) is 10.2 Å². The molecule has 0 radical (unpaired) electrons. The molecule has 6 nitrogen and oxygen atoms in total. The van der Waals surface area contributed by atoms with E-state index < -0.39 is 10.0 Å². The first-order valence-corrected chi connectivity index (χ1v) is 9.35. The molecule has 2 aromatic rings. The van der Waals surface area contributed by atoms with Gasteiger partial charge in [0.1, 0.15) is 0 Å². The Labute approximate surface area is 132 Å². The van der Waals surface area contributed by atoms with Gasteiger partial charge in [-0.25, -0.2) is 13.4 Å². The van der Waals surface area contributed by atoms with Gasteiger partial charge in [-0.05, 0) is 18.8 Å². The largest absolute Gasteiger partial charge is 0.380 e. The van der Waals surface area contributed by atoms with Crippen molar-refractivity contribution in [3.8, 4) is 0 Å². The monoisotopic (exact) mass is 349 g/mol. The lowest BCUT2D eigenvalue weighted by Crippen LogP contribution is -2.31. The van der Waals surface area contributed by atoms with Gasteiger partial charge in [-0.3, -0.25) is 4.40 Å². The fourth-order valence-corrected chi connectivity index (χ4v) is 4.51. The molecule has 0 bridgehead atoms. The highest BCUT2D eigenvalue weighted by Crippen LogP contribution is 2.29. The van der Waals surface area contributed by atoms with Crippen LogP contribution in [0.1, 0.15) is 12.8 Å². The highest BCUT2D eigenvalue weighted by Gasteiger charge is 2.29. The van der Waals surface area contributed by atoms with E-state index in [1.54, 1.807) is 11.6 Å². The minimum absolute atomic E-state index is 0.00704. The summed E-state index contributed by atoms with van der Waals surface area (Å²) >= 11 is 7.33. The highest BCUT2D eigenvalue weighted by atomic mass is 35.5. The molecular weight excluding hydrogens is 334 g/mol. The number of hydrogen-bond acceptors (Lipinski definition) is 5. The maximum Gasteiger partial charge on any atom is 0.262 e. The molecule has 2 heterocycles. The zero-order valence-electron chi connectivity index (χ0n) is 11.5. The predicted octanol–water partition coefficient (Wildman–Crippen LogP) is 2.10. The number of rotatable bonds is 7. The van der Waals surface area contributed by atoms with E-state index in [2.05, 4.69) is 4.98 Å². The third-order valence-corrected chi connectivity index (χ3v) is 6.45. The second-order valence-corrected chi connectivity index (χ2v) is 8.30. The minimum Gasteiger partial charge on any atom is -0.380 e. The molecule has 0 saturated heterocycles. The van der Waals surface area contributed by atoms with Crippen LogP contribution >= 0.6 is 22.9 Å². The smallest absolute Gasteiger partial charge is 0.262 e. The third-order valence-electron chi connectivity index (χ3n) is 3.43. The fourth-order valence-electron chi connectivity index (χ4n) is 1.96. The molecule has 0 unspecified atom stereocenters. The number of hydrogen-bond donors (Lipinski definition) is 0. The molecule has 0 amide bonds. The predicted molar refractivity (Wildman–Crippen MR) is 81.4 cm³/mol. The summed E-state index contributed by atoms with van der Waals surface area (Å²) in [5.41, 5.74) is 0. The van der Waals surface area contributed by atoms with Gasteiger partial charge in [0, 0.05) is 31.8 Å². The van der Waals surface area contributed by atoms with Crippen molar-refractivity contribution in [2.24, 2.45) is 5.92 Å². The normalized spacial score (nSPS) is 16.1. The number of thiazole rings is 1. The summed E-state index contributed by atoms with van der Waals surface area (Å²) in [4.78, 5) is 4.63. The average Bonchev–Trinajstić information content (AvgIpc) is 3.05. The molecule has 1 aliphatic rings. The molecule has 116 valence electrons. The molecule has 2 aromatic heterocycles. The van der Waals surface area contributed by atoms with Crippen LogP contribution in [0, 0.1) is 5.92 Å². The van der Waals surface area contributed by atoms with Gasteiger partial charge in [-0.2, -0.15) is 4.31 Å². The van der Waals surface area contributed by atoms with E-state index in [1.165, 1.54) is 39.9 Å². The zero-order chi connectivity index (χ0) is 15.0. The summed E-state index contributed by atoms with van der Waals surface area (Å²) in [6.07, 6.45) is 4.09. The van der Waals surface area contributed by atoms with Gasteiger partial charge < -0.3 is 4.74 Å². The molecule has 1 fully saturated rings. The first-order chi connectivity index (χ1) is 10.00. The Morgan fingerprint density at radius 1 is 1.57 bits per heavy atom. The van der Waals surface area contributed by atoms with Crippen LogP contribution in [0.25, 0.3) is 4.96 Å². The lowest BCUT2D eigenvalue weighted by molar-refractivity contribution is 0.117. The van der Waals surface area contributed by atoms with Crippen LogP contribution in [0.4, 0.5) is 0 Å². The van der Waals surface area contributed by atoms with Gasteiger partial charge in [-0.15, -0.1) is 11.3 Å². The summed E-state index contributed by atoms with van der Waals surface area (Å²) in [7, 11) is -2.15. The van der Waals surface area contributed by atoms with E-state index in [0.29, 0.717) is 24.0 Å². The van der Waals surface area contributed by atoms with E-state index in [0.717, 1.165) is 6.61 Å². The summed E-state index contributed by atoms with van der Waals surface area (Å²) in [6, 6.07) is 0. The Kier molecular flexibility index (Phi) is 4.24. The molecule has 0 N–H and O–H groups in total. The summed E-state index contributed by atoms with van der Waals surface area (Å²) < 4.78 is 33.4. The quantitative estimate of drug-likeness (QED) is 0.718. The SMILES string of the molecule is CN(CCOCC1CC1)S(=O)(=O)c1c(Cl)nc2sccn12. The van der Waals surface area contributed by atoms with Crippen LogP contribution in [-0.2, 0) is 14.8 Å². The second kappa shape index (κ2) is 5.85. The molecule has 0 atom stereocenters. The molecule has 0 aromatic carbocycles. The van der Waals surface area contributed by atoms with Gasteiger partial charge in [0.15, 0.2) is 15.1 Å². The van der Waals surface area contributed by atoms with Gasteiger partial charge in [0.05, 0.1) is 6.61 Å². The molecule has 0 spiro atoms. The summed E-state index contributed by atoms with van der Waals surface area (Å²) in [5.74, 6) is 0.668. The van der Waals surface area contributed by atoms with Crippen LogP contribution in [0.15, 0.2) is 16.6 Å². The molecular formula is C12H16ClN3O3S2. The summed E-state index contributed by atoms with van der Waals surface area (Å²) in [5, 5.41) is 1.80. The number of fused-ring (bicyclic) bond motifs is 1. The lowest BCUT2D eigenvalue weighted by Gasteiger charge is -2.16.